The molecule has 0 spiro atoms. The second-order valence-corrected chi connectivity index (χ2v) is 6.44. The summed E-state index contributed by atoms with van der Waals surface area (Å²) < 4.78 is 47.9. The molecule has 4 rings (SSSR count). The number of hydrogen-bond donors (Lipinski definition) is 0. The fourth-order valence-corrected chi connectivity index (χ4v) is 2.94. The average molecular weight is 379 g/mol. The van der Waals surface area contributed by atoms with Crippen molar-refractivity contribution in [1.82, 2.24) is 24.4 Å². The smallest absolute Gasteiger partial charge is 0.419 e. The van der Waals surface area contributed by atoms with Crippen LogP contribution in [0.15, 0.2) is 24.7 Å². The number of alkyl halides is 3. The highest BCUT2D eigenvalue weighted by atomic mass is 19.4. The van der Waals surface area contributed by atoms with Crippen LogP contribution in [-0.2, 0) is 17.5 Å². The number of hydrogen-bond acceptors (Lipinski definition) is 5. The number of nitrogens with zero attached hydrogens (tertiary/aromatic N) is 5. The Balaban J connectivity index is 1.66. The van der Waals surface area contributed by atoms with Crippen molar-refractivity contribution in [2.45, 2.75) is 38.4 Å². The van der Waals surface area contributed by atoms with Gasteiger partial charge < -0.3 is 9.14 Å². The molecule has 3 heterocycles. The Morgan fingerprint density at radius 1 is 1.30 bits per heavy atom. The lowest BCUT2D eigenvalue weighted by atomic mass is 10.1. The molecule has 10 heteroatoms. The number of esters is 1. The zero-order valence-corrected chi connectivity index (χ0v) is 14.4. The number of carbonyl (C=O) groups is 1. The molecule has 1 fully saturated rings. The van der Waals surface area contributed by atoms with E-state index in [1.54, 1.807) is 19.3 Å². The summed E-state index contributed by atoms with van der Waals surface area (Å²) in [5.74, 6) is -0.420. The molecule has 1 aliphatic rings. The molecule has 142 valence electrons. The number of pyridine rings is 1. The van der Waals surface area contributed by atoms with Crippen molar-refractivity contribution in [2.75, 3.05) is 6.61 Å². The van der Waals surface area contributed by atoms with Gasteiger partial charge in [-0.1, -0.05) is 5.21 Å². The highest BCUT2D eigenvalue weighted by molar-refractivity contribution is 5.86. The average Bonchev–Trinajstić information content (AvgIpc) is 3.21. The molecule has 1 saturated carbocycles. The second kappa shape index (κ2) is 6.36. The van der Waals surface area contributed by atoms with Gasteiger partial charge in [-0.25, -0.2) is 14.5 Å². The van der Waals surface area contributed by atoms with Crippen LogP contribution in [0.3, 0.4) is 0 Å². The monoisotopic (exact) mass is 379 g/mol. The molecule has 0 radical (unpaired) electrons. The molecule has 7 nitrogen and oxygen atoms in total. The Hall–Kier alpha value is -2.91. The summed E-state index contributed by atoms with van der Waals surface area (Å²) in [4.78, 5) is 15.8. The Morgan fingerprint density at radius 2 is 2.07 bits per heavy atom. The molecule has 27 heavy (non-hydrogen) atoms. The molecule has 0 unspecified atom stereocenters. The van der Waals surface area contributed by atoms with Gasteiger partial charge in [0.05, 0.1) is 30.6 Å². The first-order chi connectivity index (χ1) is 12.8. The van der Waals surface area contributed by atoms with Crippen LogP contribution >= 0.6 is 0 Å². The molecular formula is C17H16F3N5O2. The quantitative estimate of drug-likeness (QED) is 0.637. The molecule has 0 amide bonds. The number of rotatable bonds is 5. The minimum Gasteiger partial charge on any atom is -0.461 e. The van der Waals surface area contributed by atoms with Crippen LogP contribution in [0.2, 0.25) is 0 Å². The Bertz CT molecular complexity index is 1000. The number of carbonyl (C=O) groups excluding carboxylic acids is 1. The van der Waals surface area contributed by atoms with Crippen molar-refractivity contribution in [1.29, 1.82) is 0 Å². The predicted molar refractivity (Wildman–Crippen MR) is 87.2 cm³/mol. The zero-order chi connectivity index (χ0) is 19.2. The van der Waals surface area contributed by atoms with Gasteiger partial charge in [-0.2, -0.15) is 13.2 Å². The lowest BCUT2D eigenvalue weighted by Gasteiger charge is -2.10. The zero-order valence-electron chi connectivity index (χ0n) is 14.4. The third kappa shape index (κ3) is 3.51. The lowest BCUT2D eigenvalue weighted by Crippen LogP contribution is -2.09. The first-order valence-corrected chi connectivity index (χ1v) is 8.51. The molecule has 0 aliphatic heterocycles. The van der Waals surface area contributed by atoms with Gasteiger partial charge in [0.25, 0.3) is 0 Å². The van der Waals surface area contributed by atoms with E-state index in [0.29, 0.717) is 11.3 Å². The van der Waals surface area contributed by atoms with E-state index in [4.69, 9.17) is 4.74 Å². The number of halogens is 3. The van der Waals surface area contributed by atoms with Gasteiger partial charge >= 0.3 is 12.1 Å². The van der Waals surface area contributed by atoms with Gasteiger partial charge in [0.2, 0.25) is 0 Å². The van der Waals surface area contributed by atoms with E-state index in [1.807, 2.05) is 0 Å². The second-order valence-electron chi connectivity index (χ2n) is 6.44. The van der Waals surface area contributed by atoms with E-state index in [-0.39, 0.29) is 30.4 Å². The van der Waals surface area contributed by atoms with Crippen molar-refractivity contribution in [3.63, 3.8) is 0 Å². The van der Waals surface area contributed by atoms with E-state index in [1.165, 1.54) is 21.3 Å². The van der Waals surface area contributed by atoms with Gasteiger partial charge in [0, 0.05) is 12.4 Å². The maximum absolute atomic E-state index is 13.5. The summed E-state index contributed by atoms with van der Waals surface area (Å²) in [7, 11) is 0. The van der Waals surface area contributed by atoms with E-state index in [9.17, 15) is 18.0 Å². The fraction of sp³-hybridized carbons (Fsp3) is 0.412. The number of imidazole rings is 1. The van der Waals surface area contributed by atoms with Gasteiger partial charge in [-0.15, -0.1) is 5.10 Å². The Morgan fingerprint density at radius 3 is 2.74 bits per heavy atom. The standard InChI is InChI=1S/C17H16F3N5O2/c1-2-27-16(26)14-9-25(23-22-14)8-12-7-24-6-11(10-3-4-10)5-13(15(24)21-12)17(18,19)20/h5-7,9-10H,2-4,8H2,1H3. The van der Waals surface area contributed by atoms with Crippen molar-refractivity contribution < 1.29 is 22.7 Å². The molecule has 0 bridgehead atoms. The topological polar surface area (TPSA) is 74.3 Å². The van der Waals surface area contributed by atoms with Crippen LogP contribution in [0, 0.1) is 0 Å². The molecule has 0 saturated heterocycles. The summed E-state index contributed by atoms with van der Waals surface area (Å²) in [6.07, 6.45) is 1.94. The van der Waals surface area contributed by atoms with Crippen LogP contribution < -0.4 is 0 Å². The molecule has 0 atom stereocenters. The molecule has 1 aliphatic carbocycles. The minimum atomic E-state index is -4.49. The van der Waals surface area contributed by atoms with Gasteiger partial charge in [-0.3, -0.25) is 0 Å². The molecular weight excluding hydrogens is 363 g/mol. The largest absolute Gasteiger partial charge is 0.461 e. The number of ether oxygens (including phenoxy) is 1. The third-order valence-corrected chi connectivity index (χ3v) is 4.32. The summed E-state index contributed by atoms with van der Waals surface area (Å²) in [6, 6.07) is 1.19. The molecule has 0 N–H and O–H groups in total. The Labute approximate surface area is 151 Å². The summed E-state index contributed by atoms with van der Waals surface area (Å²) in [6.45, 7) is 1.97. The predicted octanol–water partition coefficient (Wildman–Crippen LogP) is 3.05. The lowest BCUT2D eigenvalue weighted by molar-refractivity contribution is -0.136. The first kappa shape index (κ1) is 17.5. The van der Waals surface area contributed by atoms with Crippen LogP contribution in [0.25, 0.3) is 5.65 Å². The maximum Gasteiger partial charge on any atom is 0.419 e. The third-order valence-electron chi connectivity index (χ3n) is 4.32. The Kier molecular flexibility index (Phi) is 4.12. The first-order valence-electron chi connectivity index (χ1n) is 8.51. The van der Waals surface area contributed by atoms with Crippen molar-refractivity contribution in [3.8, 4) is 0 Å². The van der Waals surface area contributed by atoms with Crippen LogP contribution in [0.5, 0.6) is 0 Å². The highest BCUT2D eigenvalue weighted by Gasteiger charge is 2.36. The van der Waals surface area contributed by atoms with Crippen LogP contribution in [0.1, 0.15) is 53.0 Å². The van der Waals surface area contributed by atoms with Gasteiger partial charge in [0.15, 0.2) is 5.69 Å². The summed E-state index contributed by atoms with van der Waals surface area (Å²) in [5, 5.41) is 7.52. The molecule has 0 aromatic carbocycles. The number of aromatic nitrogens is 5. The summed E-state index contributed by atoms with van der Waals surface area (Å²) >= 11 is 0. The SMILES string of the molecule is CCOC(=O)c1cn(Cc2cn3cc(C4CC4)cc(C(F)(F)F)c3n2)nn1. The van der Waals surface area contributed by atoms with Crippen molar-refractivity contribution >= 4 is 11.6 Å². The van der Waals surface area contributed by atoms with E-state index < -0.39 is 17.7 Å². The fourth-order valence-electron chi connectivity index (χ4n) is 2.94. The van der Waals surface area contributed by atoms with Crippen LogP contribution in [-0.4, -0.2) is 37.0 Å². The van der Waals surface area contributed by atoms with Crippen molar-refractivity contribution in [2.24, 2.45) is 0 Å². The normalized spacial score (nSPS) is 14.7. The van der Waals surface area contributed by atoms with E-state index in [2.05, 4.69) is 15.3 Å². The maximum atomic E-state index is 13.5. The highest BCUT2D eigenvalue weighted by Crippen LogP contribution is 2.42. The van der Waals surface area contributed by atoms with Crippen LogP contribution in [0.4, 0.5) is 13.2 Å². The van der Waals surface area contributed by atoms with E-state index >= 15 is 0 Å². The number of fused-ring (bicyclic) bond motifs is 1. The van der Waals surface area contributed by atoms with Gasteiger partial charge in [0.1, 0.15) is 5.65 Å². The molecule has 3 aromatic rings. The van der Waals surface area contributed by atoms with Gasteiger partial charge in [-0.05, 0) is 37.3 Å². The van der Waals surface area contributed by atoms with E-state index in [0.717, 1.165) is 12.8 Å². The van der Waals surface area contributed by atoms with Crippen molar-refractivity contribution in [3.05, 3.63) is 47.2 Å². The summed E-state index contributed by atoms with van der Waals surface area (Å²) in [5.41, 5.74) is 0.196. The molecule has 3 aromatic heterocycles. The minimum absolute atomic E-state index is 0.0348.